The van der Waals surface area contributed by atoms with E-state index in [1.54, 1.807) is 17.0 Å². The van der Waals surface area contributed by atoms with Gasteiger partial charge in [0.05, 0.1) is 45.9 Å². The van der Waals surface area contributed by atoms with Crippen LogP contribution in [0.4, 0.5) is 5.82 Å². The molecule has 0 unspecified atom stereocenters. The Morgan fingerprint density at radius 1 is 1.24 bits per heavy atom. The number of aromatic amines is 1. The smallest absolute Gasteiger partial charge is 0.255 e. The highest BCUT2D eigenvalue weighted by molar-refractivity contribution is 6.35. The molecule has 2 aromatic heterocycles. The van der Waals surface area contributed by atoms with Crippen molar-refractivity contribution in [1.29, 1.82) is 0 Å². The Bertz CT molecular complexity index is 1360. The third-order valence-electron chi connectivity index (χ3n) is 5.71. The average Bonchev–Trinajstić information content (AvgIpc) is 3.22. The van der Waals surface area contributed by atoms with Crippen LogP contribution in [0.1, 0.15) is 36.1 Å². The molecule has 0 bridgehead atoms. The second kappa shape index (κ2) is 8.78. The third-order valence-corrected chi connectivity index (χ3v) is 6.26. The van der Waals surface area contributed by atoms with Crippen molar-refractivity contribution in [2.24, 2.45) is 0 Å². The molecule has 5 rings (SSSR count). The first-order chi connectivity index (χ1) is 15.9. The summed E-state index contributed by atoms with van der Waals surface area (Å²) in [6, 6.07) is 8.82. The van der Waals surface area contributed by atoms with Gasteiger partial charge in [0, 0.05) is 23.5 Å². The van der Waals surface area contributed by atoms with Crippen molar-refractivity contribution in [3.63, 3.8) is 0 Å². The van der Waals surface area contributed by atoms with E-state index >= 15 is 0 Å². The van der Waals surface area contributed by atoms with Gasteiger partial charge in [-0.15, -0.1) is 0 Å². The van der Waals surface area contributed by atoms with Crippen LogP contribution < -0.4 is 5.32 Å². The minimum atomic E-state index is -0.177. The number of carbonyl (C=O) groups is 1. The van der Waals surface area contributed by atoms with Gasteiger partial charge >= 0.3 is 0 Å². The number of aromatic nitrogens is 4. The van der Waals surface area contributed by atoms with Gasteiger partial charge in [0.2, 0.25) is 0 Å². The molecule has 8 nitrogen and oxygen atoms in total. The van der Waals surface area contributed by atoms with Gasteiger partial charge in [0.25, 0.3) is 5.91 Å². The average molecular weight is 485 g/mol. The summed E-state index contributed by atoms with van der Waals surface area (Å²) in [6.07, 6.45) is 1.46. The minimum absolute atomic E-state index is 0.00387. The highest BCUT2D eigenvalue weighted by Crippen LogP contribution is 2.30. The van der Waals surface area contributed by atoms with E-state index in [-0.39, 0.29) is 18.1 Å². The topological polar surface area (TPSA) is 96.0 Å². The number of imidazole rings is 1. The van der Waals surface area contributed by atoms with Crippen LogP contribution in [-0.4, -0.2) is 56.5 Å². The van der Waals surface area contributed by atoms with Crippen LogP contribution in [0.25, 0.3) is 21.9 Å². The van der Waals surface area contributed by atoms with Gasteiger partial charge in [0.1, 0.15) is 18.0 Å². The molecule has 1 amide bonds. The number of nitrogens with zero attached hydrogens (tertiary/aromatic N) is 4. The van der Waals surface area contributed by atoms with Crippen molar-refractivity contribution in [2.75, 3.05) is 25.0 Å². The first-order valence-electron chi connectivity index (χ1n) is 10.7. The Kier molecular flexibility index (Phi) is 5.82. The van der Waals surface area contributed by atoms with Gasteiger partial charge in [-0.3, -0.25) is 4.79 Å². The Labute approximate surface area is 200 Å². The maximum Gasteiger partial charge on any atom is 0.255 e. The summed E-state index contributed by atoms with van der Waals surface area (Å²) >= 11 is 12.6. The van der Waals surface area contributed by atoms with Crippen LogP contribution in [0, 0.1) is 0 Å². The summed E-state index contributed by atoms with van der Waals surface area (Å²) in [5, 5.41) is 5.09. The zero-order valence-corrected chi connectivity index (χ0v) is 19.6. The fourth-order valence-corrected chi connectivity index (χ4v) is 4.42. The van der Waals surface area contributed by atoms with E-state index < -0.39 is 0 Å². The van der Waals surface area contributed by atoms with Crippen LogP contribution >= 0.6 is 23.2 Å². The summed E-state index contributed by atoms with van der Waals surface area (Å²) in [7, 11) is 0. The number of halogens is 2. The second-order valence-corrected chi connectivity index (χ2v) is 9.00. The Balaban J connectivity index is 1.44. The maximum atomic E-state index is 13.1. The predicted octanol–water partition coefficient (Wildman–Crippen LogP) is 4.85. The molecule has 1 saturated heterocycles. The normalized spacial score (nSPS) is 17.5. The number of anilines is 1. The fraction of sp³-hybridized carbons (Fsp3) is 0.304. The number of ether oxygens (including phenoxy) is 1. The highest BCUT2D eigenvalue weighted by atomic mass is 35.5. The van der Waals surface area contributed by atoms with E-state index in [0.29, 0.717) is 46.6 Å². The lowest BCUT2D eigenvalue weighted by molar-refractivity contribution is -0.0124. The molecule has 1 fully saturated rings. The van der Waals surface area contributed by atoms with E-state index in [4.69, 9.17) is 27.9 Å². The van der Waals surface area contributed by atoms with E-state index in [9.17, 15) is 4.79 Å². The quantitative estimate of drug-likeness (QED) is 0.429. The number of carbonyl (C=O) groups excluding carboxylic acids is 1. The van der Waals surface area contributed by atoms with E-state index in [1.807, 2.05) is 32.0 Å². The molecule has 2 aromatic carbocycles. The maximum absolute atomic E-state index is 13.1. The molecule has 2 N–H and O–H groups in total. The zero-order chi connectivity index (χ0) is 23.1. The number of morpholine rings is 1. The van der Waals surface area contributed by atoms with Crippen LogP contribution in [-0.2, 0) is 4.74 Å². The van der Waals surface area contributed by atoms with Gasteiger partial charge < -0.3 is 19.9 Å². The molecule has 1 aliphatic rings. The lowest BCUT2D eigenvalue weighted by atomic mass is 10.1. The summed E-state index contributed by atoms with van der Waals surface area (Å²) in [5.41, 5.74) is 2.75. The lowest BCUT2D eigenvalue weighted by Crippen LogP contribution is -2.44. The SMILES string of the molecule is C[C@H](Nc1ncnc2cc(C(=O)N3CCO[C@@H](C)C3)c(Cl)cc12)c1nc2cc(Cl)ccc2[nH]1. The molecule has 0 aliphatic carbocycles. The van der Waals surface area contributed by atoms with Gasteiger partial charge in [0.15, 0.2) is 0 Å². The van der Waals surface area contributed by atoms with Crippen molar-refractivity contribution in [1.82, 2.24) is 24.8 Å². The number of nitrogens with one attached hydrogen (secondary N) is 2. The van der Waals surface area contributed by atoms with E-state index in [1.165, 1.54) is 6.33 Å². The minimum Gasteiger partial charge on any atom is -0.375 e. The summed E-state index contributed by atoms with van der Waals surface area (Å²) < 4.78 is 5.54. The molecule has 170 valence electrons. The van der Waals surface area contributed by atoms with Gasteiger partial charge in [-0.05, 0) is 44.2 Å². The van der Waals surface area contributed by atoms with E-state index in [2.05, 4.69) is 25.3 Å². The number of amides is 1. The number of hydrogen-bond acceptors (Lipinski definition) is 6. The van der Waals surface area contributed by atoms with Crippen LogP contribution in [0.5, 0.6) is 0 Å². The Morgan fingerprint density at radius 3 is 2.91 bits per heavy atom. The van der Waals surface area contributed by atoms with Gasteiger partial charge in [-0.2, -0.15) is 0 Å². The van der Waals surface area contributed by atoms with Crippen molar-refractivity contribution in [3.05, 3.63) is 58.1 Å². The Hall–Kier alpha value is -2.94. The standard InChI is InChI=1S/C23H22Cl2N6O2/c1-12-10-31(5-6-33-12)23(32)15-9-19-16(8-17(15)25)22(27-11-26-19)28-13(2)21-29-18-4-3-14(24)7-20(18)30-21/h3-4,7-9,11-13H,5-6,10H2,1-2H3,(H,29,30)(H,26,27,28)/t12-,13-/m0/s1. The van der Waals surface area contributed by atoms with Crippen molar-refractivity contribution >= 4 is 56.9 Å². The van der Waals surface area contributed by atoms with Crippen LogP contribution in [0.2, 0.25) is 10.0 Å². The molecular formula is C23H22Cl2N6O2. The number of fused-ring (bicyclic) bond motifs is 2. The van der Waals surface area contributed by atoms with Crippen molar-refractivity contribution in [3.8, 4) is 0 Å². The molecule has 33 heavy (non-hydrogen) atoms. The Morgan fingerprint density at radius 2 is 2.09 bits per heavy atom. The summed E-state index contributed by atoms with van der Waals surface area (Å²) in [4.78, 5) is 31.5. The van der Waals surface area contributed by atoms with Gasteiger partial charge in [-0.25, -0.2) is 15.0 Å². The molecule has 1 aliphatic heterocycles. The first kappa shape index (κ1) is 21.9. The van der Waals surface area contributed by atoms with Crippen molar-refractivity contribution < 1.29 is 9.53 Å². The second-order valence-electron chi connectivity index (χ2n) is 8.15. The molecule has 0 radical (unpaired) electrons. The third kappa shape index (κ3) is 4.34. The van der Waals surface area contributed by atoms with E-state index in [0.717, 1.165) is 22.2 Å². The van der Waals surface area contributed by atoms with Crippen molar-refractivity contribution in [2.45, 2.75) is 26.0 Å². The molecule has 4 aromatic rings. The molecule has 0 saturated carbocycles. The highest BCUT2D eigenvalue weighted by Gasteiger charge is 2.25. The number of hydrogen-bond donors (Lipinski definition) is 2. The number of benzene rings is 2. The summed E-state index contributed by atoms with van der Waals surface area (Å²) in [6.45, 7) is 5.51. The fourth-order valence-electron chi connectivity index (χ4n) is 4.01. The largest absolute Gasteiger partial charge is 0.375 e. The van der Waals surface area contributed by atoms with Crippen LogP contribution in [0.3, 0.4) is 0 Å². The molecule has 2 atom stereocenters. The van der Waals surface area contributed by atoms with Gasteiger partial charge in [-0.1, -0.05) is 23.2 Å². The molecule has 0 spiro atoms. The van der Waals surface area contributed by atoms with Crippen LogP contribution in [0.15, 0.2) is 36.7 Å². The lowest BCUT2D eigenvalue weighted by Gasteiger charge is -2.31. The molecule has 10 heteroatoms. The monoisotopic (exact) mass is 484 g/mol. The zero-order valence-electron chi connectivity index (χ0n) is 18.1. The predicted molar refractivity (Wildman–Crippen MR) is 129 cm³/mol. The number of rotatable bonds is 4. The molecule has 3 heterocycles. The molecular weight excluding hydrogens is 463 g/mol. The number of H-pyrrole nitrogens is 1. The first-order valence-corrected chi connectivity index (χ1v) is 11.4. The summed E-state index contributed by atoms with van der Waals surface area (Å²) in [5.74, 6) is 1.23.